The van der Waals surface area contributed by atoms with Crippen molar-refractivity contribution in [2.24, 2.45) is 5.73 Å². The lowest BCUT2D eigenvalue weighted by molar-refractivity contribution is -0.136. The average Bonchev–Trinajstić information content (AvgIpc) is 3.45. The molecule has 1 fully saturated rings. The van der Waals surface area contributed by atoms with Gasteiger partial charge >= 0.3 is 0 Å². The van der Waals surface area contributed by atoms with Crippen LogP contribution in [-0.2, 0) is 14.4 Å². The van der Waals surface area contributed by atoms with Gasteiger partial charge in [-0.15, -0.1) is 0 Å². The number of imide groups is 2. The van der Waals surface area contributed by atoms with Gasteiger partial charge in [-0.25, -0.2) is 0 Å². The molecule has 282 valence electrons. The van der Waals surface area contributed by atoms with E-state index in [1.165, 1.54) is 12.3 Å². The Kier molecular flexibility index (Phi) is 10.4. The molecule has 0 aliphatic carbocycles. The fourth-order valence-corrected chi connectivity index (χ4v) is 7.01. The van der Waals surface area contributed by atoms with Crippen molar-refractivity contribution in [3.05, 3.63) is 119 Å². The van der Waals surface area contributed by atoms with Gasteiger partial charge in [0.05, 0.1) is 40.1 Å². The Morgan fingerprint density at radius 3 is 2.39 bits per heavy atom. The molecule has 0 saturated carbocycles. The molecule has 2 aliphatic heterocycles. The maximum Gasteiger partial charge on any atom is 0.264 e. The van der Waals surface area contributed by atoms with Crippen LogP contribution in [0.25, 0.3) is 22.0 Å². The van der Waals surface area contributed by atoms with Crippen molar-refractivity contribution >= 4 is 69.2 Å². The van der Waals surface area contributed by atoms with E-state index < -0.39 is 35.6 Å². The third-order valence-corrected chi connectivity index (χ3v) is 9.85. The molecule has 3 heterocycles. The van der Waals surface area contributed by atoms with Crippen LogP contribution in [0.15, 0.2) is 97.2 Å². The van der Waals surface area contributed by atoms with Crippen molar-refractivity contribution in [3.8, 4) is 11.1 Å². The van der Waals surface area contributed by atoms with Crippen molar-refractivity contribution in [2.45, 2.75) is 31.7 Å². The SMILES string of the molecule is CN(CC(=O)CCCNC(=O)c1ccc(-c2ccc3ncc(C(N)=O)c(Nc4ccccc4)c3c2)cc1)c1cccc2c1C(=O)N(C1CCC(=O)NC1=O)C2=O. The summed E-state index contributed by atoms with van der Waals surface area (Å²) in [5.41, 5.74) is 10.7. The summed E-state index contributed by atoms with van der Waals surface area (Å²) in [4.78, 5) is 95.8. The maximum absolute atomic E-state index is 13.4. The van der Waals surface area contributed by atoms with Crippen LogP contribution in [0, 0.1) is 0 Å². The van der Waals surface area contributed by atoms with Gasteiger partial charge < -0.3 is 21.3 Å². The molecular weight excluding hydrogens is 715 g/mol. The number of benzene rings is 4. The summed E-state index contributed by atoms with van der Waals surface area (Å²) in [6.07, 6.45) is 2.05. The Labute approximate surface area is 321 Å². The number of ketones is 1. The number of rotatable bonds is 13. The van der Waals surface area contributed by atoms with Gasteiger partial charge in [0.15, 0.2) is 5.78 Å². The molecule has 2 aliphatic rings. The summed E-state index contributed by atoms with van der Waals surface area (Å²) >= 11 is 0. The number of primary amides is 1. The number of para-hydroxylation sites is 1. The number of pyridine rings is 1. The Morgan fingerprint density at radius 2 is 1.66 bits per heavy atom. The number of likely N-dealkylation sites (N-methyl/N-ethyl adjacent to an activating group) is 1. The lowest BCUT2D eigenvalue weighted by atomic mass is 9.99. The fourth-order valence-electron chi connectivity index (χ4n) is 7.01. The number of nitrogens with two attached hydrogens (primary N) is 1. The second kappa shape index (κ2) is 15.6. The predicted molar refractivity (Wildman–Crippen MR) is 208 cm³/mol. The summed E-state index contributed by atoms with van der Waals surface area (Å²) in [6.45, 7) is 0.200. The van der Waals surface area contributed by atoms with Crippen LogP contribution in [-0.4, -0.2) is 77.3 Å². The molecular formula is C42H37N7O7. The number of piperidine rings is 1. The van der Waals surface area contributed by atoms with E-state index in [2.05, 4.69) is 20.9 Å². The molecule has 7 rings (SSSR count). The topological polar surface area (TPSA) is 201 Å². The van der Waals surface area contributed by atoms with Gasteiger partial charge in [-0.05, 0) is 72.5 Å². The van der Waals surface area contributed by atoms with E-state index in [0.29, 0.717) is 34.3 Å². The lowest BCUT2D eigenvalue weighted by Crippen LogP contribution is -2.54. The number of Topliss-reactive ketones (excluding diaryl/α,β-unsaturated/α-hetero) is 1. The predicted octanol–water partition coefficient (Wildman–Crippen LogP) is 4.36. The van der Waals surface area contributed by atoms with E-state index in [1.54, 1.807) is 36.2 Å². The molecule has 1 unspecified atom stereocenters. The minimum absolute atomic E-state index is 0.0135. The van der Waals surface area contributed by atoms with Crippen LogP contribution in [0.3, 0.4) is 0 Å². The van der Waals surface area contributed by atoms with E-state index in [-0.39, 0.29) is 60.7 Å². The highest BCUT2D eigenvalue weighted by atomic mass is 16.2. The van der Waals surface area contributed by atoms with Gasteiger partial charge in [0.1, 0.15) is 6.04 Å². The van der Waals surface area contributed by atoms with Gasteiger partial charge in [0.2, 0.25) is 11.8 Å². The number of carbonyl (C=O) groups is 7. The average molecular weight is 752 g/mol. The Bertz CT molecular complexity index is 2430. The third-order valence-electron chi connectivity index (χ3n) is 9.85. The molecule has 0 spiro atoms. The quantitative estimate of drug-likeness (QED) is 0.0990. The lowest BCUT2D eigenvalue weighted by Gasteiger charge is -2.28. The molecule has 5 aromatic rings. The Balaban J connectivity index is 0.941. The summed E-state index contributed by atoms with van der Waals surface area (Å²) in [5.74, 6) is -3.47. The number of hydrogen-bond donors (Lipinski definition) is 4. The summed E-state index contributed by atoms with van der Waals surface area (Å²) < 4.78 is 0. The number of aromatic nitrogens is 1. The second-order valence-corrected chi connectivity index (χ2v) is 13.6. The standard InChI is InChI=1S/C42H37N7O7/c1-48(33-11-5-10-29-36(33)42(56)49(41(29)55)34-18-19-35(51)47-40(34)54)23-28(50)9-6-20-44-39(53)25-14-12-24(13-15-25)26-16-17-32-30(21-26)37(31(22-45-32)38(43)52)46-27-7-3-2-4-8-27/h2-5,7-8,10-17,21-22,34H,6,9,18-20,23H2,1H3,(H2,43,52)(H,44,53)(H,45,46)(H,47,51,54). The van der Waals surface area contributed by atoms with E-state index in [1.807, 2.05) is 60.7 Å². The molecule has 56 heavy (non-hydrogen) atoms. The van der Waals surface area contributed by atoms with Crippen molar-refractivity contribution in [1.82, 2.24) is 20.5 Å². The molecule has 4 aromatic carbocycles. The molecule has 1 atom stereocenters. The molecule has 0 bridgehead atoms. The second-order valence-electron chi connectivity index (χ2n) is 13.6. The van der Waals surface area contributed by atoms with Gasteiger partial charge in [-0.3, -0.25) is 48.8 Å². The van der Waals surface area contributed by atoms with Crippen LogP contribution in [0.1, 0.15) is 67.1 Å². The summed E-state index contributed by atoms with van der Waals surface area (Å²) in [7, 11) is 1.64. The minimum atomic E-state index is -1.09. The molecule has 5 N–H and O–H groups in total. The van der Waals surface area contributed by atoms with Crippen molar-refractivity contribution in [2.75, 3.05) is 30.4 Å². The van der Waals surface area contributed by atoms with E-state index >= 15 is 0 Å². The van der Waals surface area contributed by atoms with Crippen LogP contribution in [0.2, 0.25) is 0 Å². The van der Waals surface area contributed by atoms with E-state index in [0.717, 1.165) is 21.7 Å². The summed E-state index contributed by atoms with van der Waals surface area (Å²) in [5, 5.41) is 9.05. The zero-order valence-electron chi connectivity index (χ0n) is 30.3. The summed E-state index contributed by atoms with van der Waals surface area (Å²) in [6, 6.07) is 25.8. The molecule has 6 amide bonds. The van der Waals surface area contributed by atoms with Gasteiger partial charge in [0, 0.05) is 49.3 Å². The van der Waals surface area contributed by atoms with E-state index in [4.69, 9.17) is 5.73 Å². The maximum atomic E-state index is 13.4. The normalized spacial score (nSPS) is 15.0. The first-order valence-corrected chi connectivity index (χ1v) is 18.0. The number of nitrogens with one attached hydrogen (secondary N) is 3. The van der Waals surface area contributed by atoms with Gasteiger partial charge in [-0.1, -0.05) is 42.5 Å². The van der Waals surface area contributed by atoms with Crippen LogP contribution in [0.4, 0.5) is 17.1 Å². The highest BCUT2D eigenvalue weighted by molar-refractivity contribution is 6.25. The number of nitrogens with zero attached hydrogens (tertiary/aromatic N) is 3. The zero-order chi connectivity index (χ0) is 39.5. The number of hydrogen-bond acceptors (Lipinski definition) is 10. The molecule has 14 heteroatoms. The molecule has 14 nitrogen and oxygen atoms in total. The highest BCUT2D eigenvalue weighted by Gasteiger charge is 2.46. The van der Waals surface area contributed by atoms with Crippen molar-refractivity contribution < 1.29 is 33.6 Å². The largest absolute Gasteiger partial charge is 0.367 e. The third kappa shape index (κ3) is 7.44. The Hall–Kier alpha value is -7.22. The zero-order valence-corrected chi connectivity index (χ0v) is 30.3. The van der Waals surface area contributed by atoms with Crippen LogP contribution >= 0.6 is 0 Å². The van der Waals surface area contributed by atoms with Crippen LogP contribution in [0.5, 0.6) is 0 Å². The molecule has 1 saturated heterocycles. The number of anilines is 3. The molecule has 1 aromatic heterocycles. The molecule has 0 radical (unpaired) electrons. The Morgan fingerprint density at radius 1 is 0.911 bits per heavy atom. The van der Waals surface area contributed by atoms with Gasteiger partial charge in [0.25, 0.3) is 23.6 Å². The van der Waals surface area contributed by atoms with Crippen LogP contribution < -0.4 is 26.6 Å². The number of carbonyl (C=O) groups excluding carboxylic acids is 7. The number of amides is 6. The van der Waals surface area contributed by atoms with E-state index in [9.17, 15) is 33.6 Å². The first kappa shape index (κ1) is 37.1. The van der Waals surface area contributed by atoms with Crippen molar-refractivity contribution in [3.63, 3.8) is 0 Å². The highest BCUT2D eigenvalue weighted by Crippen LogP contribution is 2.35. The van der Waals surface area contributed by atoms with Crippen molar-refractivity contribution in [1.29, 1.82) is 0 Å². The number of fused-ring (bicyclic) bond motifs is 2. The monoisotopic (exact) mass is 751 g/mol. The van der Waals surface area contributed by atoms with Gasteiger partial charge in [-0.2, -0.15) is 0 Å². The fraction of sp³-hybridized carbons (Fsp3) is 0.190. The first-order valence-electron chi connectivity index (χ1n) is 18.0. The smallest absolute Gasteiger partial charge is 0.264 e. The first-order chi connectivity index (χ1) is 27.0. The minimum Gasteiger partial charge on any atom is -0.367 e.